The van der Waals surface area contributed by atoms with Gasteiger partial charge in [0.25, 0.3) is 0 Å². The lowest BCUT2D eigenvalue weighted by Crippen LogP contribution is -2.23. The molecule has 1 heteroatoms. The number of aryl methyl sites for hydroxylation is 1. The molecule has 0 amide bonds. The van der Waals surface area contributed by atoms with Crippen molar-refractivity contribution < 1.29 is 0 Å². The summed E-state index contributed by atoms with van der Waals surface area (Å²) in [5.41, 5.74) is 4.12. The van der Waals surface area contributed by atoms with Gasteiger partial charge in [0.1, 0.15) is 0 Å². The summed E-state index contributed by atoms with van der Waals surface area (Å²) < 4.78 is 0. The Hall–Kier alpha value is -1.08. The molecule has 0 saturated carbocycles. The van der Waals surface area contributed by atoms with Crippen LogP contribution < -0.4 is 5.32 Å². The molecule has 1 unspecified atom stereocenters. The molecule has 0 spiro atoms. The molecule has 0 radical (unpaired) electrons. The number of benzene rings is 1. The van der Waals surface area contributed by atoms with Crippen molar-refractivity contribution in [2.24, 2.45) is 0 Å². The van der Waals surface area contributed by atoms with Crippen LogP contribution in [0.3, 0.4) is 0 Å². The zero-order valence-electron chi connectivity index (χ0n) is 9.30. The van der Waals surface area contributed by atoms with Crippen molar-refractivity contribution in [2.75, 3.05) is 0 Å². The Kier molecular flexibility index (Phi) is 3.90. The predicted molar refractivity (Wildman–Crippen MR) is 62.4 cm³/mol. The molecule has 0 heterocycles. The summed E-state index contributed by atoms with van der Waals surface area (Å²) in [4.78, 5) is 0. The number of rotatable bonds is 4. The van der Waals surface area contributed by atoms with Crippen LogP contribution in [0, 0.1) is 13.8 Å². The molecular formula is C13H19N. The lowest BCUT2D eigenvalue weighted by molar-refractivity contribution is 0.632. The molecule has 14 heavy (non-hydrogen) atoms. The lowest BCUT2D eigenvalue weighted by atomic mass is 10.0. The summed E-state index contributed by atoms with van der Waals surface area (Å²) in [5, 5.41) is 3.40. The van der Waals surface area contributed by atoms with Gasteiger partial charge >= 0.3 is 0 Å². The third kappa shape index (κ3) is 2.71. The third-order valence-electron chi connectivity index (χ3n) is 2.68. The molecule has 1 atom stereocenters. The molecule has 1 aromatic rings. The van der Waals surface area contributed by atoms with Gasteiger partial charge < -0.3 is 5.32 Å². The summed E-state index contributed by atoms with van der Waals surface area (Å²) in [6.07, 6.45) is 1.92. The minimum absolute atomic E-state index is 0.370. The largest absolute Gasteiger partial charge is 0.307 e. The molecule has 0 bridgehead atoms. The molecular weight excluding hydrogens is 170 g/mol. The minimum atomic E-state index is 0.370. The van der Waals surface area contributed by atoms with Crippen molar-refractivity contribution in [3.63, 3.8) is 0 Å². The van der Waals surface area contributed by atoms with Gasteiger partial charge in [0.2, 0.25) is 0 Å². The van der Waals surface area contributed by atoms with Crippen molar-refractivity contribution in [3.8, 4) is 0 Å². The van der Waals surface area contributed by atoms with Crippen LogP contribution in [0.1, 0.15) is 23.6 Å². The van der Waals surface area contributed by atoms with E-state index in [1.54, 1.807) is 0 Å². The van der Waals surface area contributed by atoms with Crippen LogP contribution in [-0.2, 0) is 6.54 Å². The highest BCUT2D eigenvalue weighted by Crippen LogP contribution is 2.12. The predicted octanol–water partition coefficient (Wildman–Crippen LogP) is 2.97. The quantitative estimate of drug-likeness (QED) is 0.718. The fourth-order valence-corrected chi connectivity index (χ4v) is 1.36. The van der Waals surface area contributed by atoms with E-state index in [-0.39, 0.29) is 0 Å². The summed E-state index contributed by atoms with van der Waals surface area (Å²) in [6, 6.07) is 6.80. The maximum Gasteiger partial charge on any atom is 0.0222 e. The molecule has 0 saturated heterocycles. The molecule has 0 aliphatic heterocycles. The molecule has 76 valence electrons. The van der Waals surface area contributed by atoms with Gasteiger partial charge in [0, 0.05) is 12.6 Å². The monoisotopic (exact) mass is 189 g/mol. The molecule has 1 aromatic carbocycles. The van der Waals surface area contributed by atoms with Gasteiger partial charge in [-0.1, -0.05) is 24.3 Å². The molecule has 0 fully saturated rings. The highest BCUT2D eigenvalue weighted by molar-refractivity contribution is 5.32. The van der Waals surface area contributed by atoms with Crippen LogP contribution in [-0.4, -0.2) is 6.04 Å². The van der Waals surface area contributed by atoms with E-state index in [0.717, 1.165) is 6.54 Å². The first kappa shape index (κ1) is 11.0. The summed E-state index contributed by atoms with van der Waals surface area (Å²) in [6.45, 7) is 11.1. The Morgan fingerprint density at radius 2 is 2.14 bits per heavy atom. The van der Waals surface area contributed by atoms with Gasteiger partial charge in [-0.15, -0.1) is 6.58 Å². The smallest absolute Gasteiger partial charge is 0.0222 e. The SMILES string of the molecule is C=CC(C)NCc1cccc(C)c1C. The second-order valence-corrected chi connectivity index (χ2v) is 3.76. The Balaban J connectivity index is 2.67. The molecule has 0 aromatic heterocycles. The first-order chi connectivity index (χ1) is 6.65. The fourth-order valence-electron chi connectivity index (χ4n) is 1.36. The van der Waals surface area contributed by atoms with E-state index in [4.69, 9.17) is 0 Å². The third-order valence-corrected chi connectivity index (χ3v) is 2.68. The van der Waals surface area contributed by atoms with Gasteiger partial charge in [-0.2, -0.15) is 0 Å². The zero-order valence-corrected chi connectivity index (χ0v) is 9.30. The van der Waals surface area contributed by atoms with E-state index in [0.29, 0.717) is 6.04 Å². The molecule has 1 rings (SSSR count). The average molecular weight is 189 g/mol. The highest BCUT2D eigenvalue weighted by Gasteiger charge is 2.01. The molecule has 1 N–H and O–H groups in total. The van der Waals surface area contributed by atoms with Crippen LogP contribution in [0.4, 0.5) is 0 Å². The second kappa shape index (κ2) is 4.97. The van der Waals surface area contributed by atoms with E-state index in [1.807, 2.05) is 6.08 Å². The van der Waals surface area contributed by atoms with Crippen molar-refractivity contribution in [2.45, 2.75) is 33.4 Å². The maximum atomic E-state index is 3.75. The first-order valence-electron chi connectivity index (χ1n) is 5.06. The van der Waals surface area contributed by atoms with E-state index < -0.39 is 0 Å². The molecule has 0 aliphatic rings. The summed E-state index contributed by atoms with van der Waals surface area (Å²) in [5.74, 6) is 0. The fraction of sp³-hybridized carbons (Fsp3) is 0.385. The lowest BCUT2D eigenvalue weighted by Gasteiger charge is -2.12. The van der Waals surface area contributed by atoms with Crippen molar-refractivity contribution >= 4 is 0 Å². The van der Waals surface area contributed by atoms with Gasteiger partial charge in [0.15, 0.2) is 0 Å². The first-order valence-corrected chi connectivity index (χ1v) is 5.06. The normalized spacial score (nSPS) is 12.5. The van der Waals surface area contributed by atoms with Crippen molar-refractivity contribution in [1.29, 1.82) is 0 Å². The second-order valence-electron chi connectivity index (χ2n) is 3.76. The van der Waals surface area contributed by atoms with Gasteiger partial charge in [-0.3, -0.25) is 0 Å². The van der Waals surface area contributed by atoms with Gasteiger partial charge in [0.05, 0.1) is 0 Å². The highest BCUT2D eigenvalue weighted by atomic mass is 14.9. The Morgan fingerprint density at radius 3 is 2.79 bits per heavy atom. The van der Waals surface area contributed by atoms with Crippen LogP contribution in [0.25, 0.3) is 0 Å². The maximum absolute atomic E-state index is 3.75. The van der Waals surface area contributed by atoms with Crippen LogP contribution in [0.5, 0.6) is 0 Å². The number of hydrogen-bond donors (Lipinski definition) is 1. The van der Waals surface area contributed by atoms with Crippen LogP contribution >= 0.6 is 0 Å². The van der Waals surface area contributed by atoms with Crippen LogP contribution in [0.15, 0.2) is 30.9 Å². The Bertz CT molecular complexity index is 315. The summed E-state index contributed by atoms with van der Waals surface area (Å²) in [7, 11) is 0. The Labute approximate surface area is 86.8 Å². The topological polar surface area (TPSA) is 12.0 Å². The summed E-state index contributed by atoms with van der Waals surface area (Å²) >= 11 is 0. The number of hydrogen-bond acceptors (Lipinski definition) is 1. The molecule has 0 aliphatic carbocycles. The standard InChI is InChI=1S/C13H19N/c1-5-11(3)14-9-13-8-6-7-10(2)12(13)4/h5-8,11,14H,1,9H2,2-4H3. The van der Waals surface area contributed by atoms with E-state index in [9.17, 15) is 0 Å². The van der Waals surface area contributed by atoms with E-state index in [1.165, 1.54) is 16.7 Å². The van der Waals surface area contributed by atoms with E-state index in [2.05, 4.69) is 50.9 Å². The zero-order chi connectivity index (χ0) is 10.6. The Morgan fingerprint density at radius 1 is 1.43 bits per heavy atom. The van der Waals surface area contributed by atoms with Gasteiger partial charge in [-0.25, -0.2) is 0 Å². The number of nitrogens with one attached hydrogen (secondary N) is 1. The van der Waals surface area contributed by atoms with Gasteiger partial charge in [-0.05, 0) is 37.5 Å². The molecule has 1 nitrogen and oxygen atoms in total. The van der Waals surface area contributed by atoms with Crippen molar-refractivity contribution in [3.05, 3.63) is 47.5 Å². The van der Waals surface area contributed by atoms with E-state index >= 15 is 0 Å². The minimum Gasteiger partial charge on any atom is -0.307 e. The van der Waals surface area contributed by atoms with Crippen molar-refractivity contribution in [1.82, 2.24) is 5.32 Å². The van der Waals surface area contributed by atoms with Crippen LogP contribution in [0.2, 0.25) is 0 Å². The average Bonchev–Trinajstić information content (AvgIpc) is 2.20.